The zero-order chi connectivity index (χ0) is 17.0. The van der Waals surface area contributed by atoms with E-state index in [0.717, 1.165) is 25.7 Å². The minimum atomic E-state index is -3.54. The number of benzene rings is 1. The van der Waals surface area contributed by atoms with Crippen LogP contribution in [0.25, 0.3) is 0 Å². The average molecular weight is 376 g/mol. The van der Waals surface area contributed by atoms with Crippen LogP contribution >= 0.6 is 12.4 Å². The Hall–Kier alpha value is -1.15. The summed E-state index contributed by atoms with van der Waals surface area (Å²) in [6.45, 7) is 1.72. The number of hydrogen-bond donors (Lipinski definition) is 3. The highest BCUT2D eigenvalue weighted by Crippen LogP contribution is 2.26. The number of amides is 1. The molecule has 0 radical (unpaired) electrons. The van der Waals surface area contributed by atoms with Crippen LogP contribution in [0, 0.1) is 12.8 Å². The molecule has 0 spiro atoms. The number of halogens is 1. The highest BCUT2D eigenvalue weighted by atomic mass is 35.5. The van der Waals surface area contributed by atoms with Crippen molar-refractivity contribution >= 4 is 34.0 Å². The highest BCUT2D eigenvalue weighted by Gasteiger charge is 2.24. The zero-order valence-electron chi connectivity index (χ0n) is 14.0. The first-order valence-corrected chi connectivity index (χ1v) is 9.41. The number of nitrogens with one attached hydrogen (secondary N) is 2. The largest absolute Gasteiger partial charge is 0.327 e. The van der Waals surface area contributed by atoms with Gasteiger partial charge in [-0.25, -0.2) is 13.1 Å². The van der Waals surface area contributed by atoms with Crippen LogP contribution in [0.1, 0.15) is 37.7 Å². The summed E-state index contributed by atoms with van der Waals surface area (Å²) in [6, 6.07) is 4.96. The standard InChI is InChI=1S/C16H25N3O3S.ClH/c1-11-7-8-13(10-15(11)23(21,22)18-2)19-16(20)9-12-5-3-4-6-14(12)17;/h7-8,10,12,14,18H,3-6,9,17H2,1-2H3,(H,19,20);1H. The minimum absolute atomic E-state index is 0. The summed E-state index contributed by atoms with van der Waals surface area (Å²) in [5.41, 5.74) is 7.19. The average Bonchev–Trinajstić information content (AvgIpc) is 2.51. The van der Waals surface area contributed by atoms with Gasteiger partial charge in [-0.2, -0.15) is 0 Å². The van der Waals surface area contributed by atoms with Gasteiger partial charge in [-0.3, -0.25) is 4.79 Å². The van der Waals surface area contributed by atoms with E-state index < -0.39 is 10.0 Å². The van der Waals surface area contributed by atoms with Crippen molar-refractivity contribution < 1.29 is 13.2 Å². The smallest absolute Gasteiger partial charge is 0.240 e. The summed E-state index contributed by atoms with van der Waals surface area (Å²) in [4.78, 5) is 12.4. The van der Waals surface area contributed by atoms with Crippen LogP contribution in [-0.2, 0) is 14.8 Å². The van der Waals surface area contributed by atoms with Crippen molar-refractivity contribution in [3.05, 3.63) is 23.8 Å². The van der Waals surface area contributed by atoms with Gasteiger partial charge in [-0.15, -0.1) is 12.4 Å². The molecule has 2 unspecified atom stereocenters. The lowest BCUT2D eigenvalue weighted by Gasteiger charge is -2.28. The maximum absolute atomic E-state index is 12.2. The van der Waals surface area contributed by atoms with Gasteiger partial charge in [-0.1, -0.05) is 18.9 Å². The number of sulfonamides is 1. The Balaban J connectivity index is 0.00000288. The quantitative estimate of drug-likeness (QED) is 0.734. The monoisotopic (exact) mass is 375 g/mol. The van der Waals surface area contributed by atoms with E-state index in [9.17, 15) is 13.2 Å². The number of carbonyl (C=O) groups is 1. The van der Waals surface area contributed by atoms with Crippen molar-refractivity contribution in [1.82, 2.24) is 4.72 Å². The topological polar surface area (TPSA) is 101 Å². The van der Waals surface area contributed by atoms with Gasteiger partial charge < -0.3 is 11.1 Å². The molecule has 2 rings (SSSR count). The van der Waals surface area contributed by atoms with Gasteiger partial charge in [0.25, 0.3) is 0 Å². The molecule has 1 aliphatic rings. The van der Waals surface area contributed by atoms with Gasteiger partial charge >= 0.3 is 0 Å². The summed E-state index contributed by atoms with van der Waals surface area (Å²) >= 11 is 0. The summed E-state index contributed by atoms with van der Waals surface area (Å²) in [5, 5.41) is 2.79. The third kappa shape index (κ3) is 5.17. The molecule has 0 aromatic heterocycles. The number of anilines is 1. The van der Waals surface area contributed by atoms with E-state index in [2.05, 4.69) is 10.0 Å². The fourth-order valence-corrected chi connectivity index (χ4v) is 4.01. The second kappa shape index (κ2) is 8.80. The van der Waals surface area contributed by atoms with Crippen LogP contribution in [0.15, 0.2) is 23.1 Å². The molecule has 24 heavy (non-hydrogen) atoms. The van der Waals surface area contributed by atoms with E-state index in [1.807, 2.05) is 0 Å². The molecule has 1 saturated carbocycles. The van der Waals surface area contributed by atoms with Crippen LogP contribution in [0.4, 0.5) is 5.69 Å². The molecule has 0 heterocycles. The maximum Gasteiger partial charge on any atom is 0.240 e. The third-order valence-electron chi connectivity index (χ3n) is 4.45. The van der Waals surface area contributed by atoms with Crippen molar-refractivity contribution in [2.24, 2.45) is 11.7 Å². The molecule has 0 bridgehead atoms. The van der Waals surface area contributed by atoms with Crippen LogP contribution in [0.5, 0.6) is 0 Å². The van der Waals surface area contributed by atoms with Crippen LogP contribution in [-0.4, -0.2) is 27.4 Å². The van der Waals surface area contributed by atoms with Crippen LogP contribution < -0.4 is 15.8 Å². The van der Waals surface area contributed by atoms with Crippen molar-refractivity contribution in [2.45, 2.75) is 50.0 Å². The number of aryl methyl sites for hydroxylation is 1. The molecule has 8 heteroatoms. The molecule has 2 atom stereocenters. The summed E-state index contributed by atoms with van der Waals surface area (Å²) < 4.78 is 26.3. The first kappa shape index (κ1) is 20.9. The lowest BCUT2D eigenvalue weighted by Crippen LogP contribution is -2.35. The fourth-order valence-electron chi connectivity index (χ4n) is 3.02. The van der Waals surface area contributed by atoms with E-state index in [1.54, 1.807) is 19.1 Å². The predicted octanol–water partition coefficient (Wildman–Crippen LogP) is 2.17. The molecule has 1 fully saturated rings. The second-order valence-electron chi connectivity index (χ2n) is 6.15. The van der Waals surface area contributed by atoms with Crippen molar-refractivity contribution in [3.63, 3.8) is 0 Å². The molecule has 1 aliphatic carbocycles. The Morgan fingerprint density at radius 3 is 2.58 bits per heavy atom. The zero-order valence-corrected chi connectivity index (χ0v) is 15.7. The van der Waals surface area contributed by atoms with Gasteiger partial charge in [0.2, 0.25) is 15.9 Å². The first-order chi connectivity index (χ1) is 10.8. The SMILES string of the molecule is CNS(=O)(=O)c1cc(NC(=O)CC2CCCCC2N)ccc1C.Cl. The van der Waals surface area contributed by atoms with Crippen molar-refractivity contribution in [3.8, 4) is 0 Å². The highest BCUT2D eigenvalue weighted by molar-refractivity contribution is 7.89. The number of rotatable bonds is 5. The van der Waals surface area contributed by atoms with Gasteiger partial charge in [0, 0.05) is 18.2 Å². The van der Waals surface area contributed by atoms with Gasteiger partial charge in [0.05, 0.1) is 4.90 Å². The Labute approximate surface area is 150 Å². The van der Waals surface area contributed by atoms with Gasteiger partial charge in [0.15, 0.2) is 0 Å². The van der Waals surface area contributed by atoms with Crippen LogP contribution in [0.3, 0.4) is 0 Å². The molecule has 1 aromatic rings. The fraction of sp³-hybridized carbons (Fsp3) is 0.562. The molecule has 1 aromatic carbocycles. The Kier molecular flexibility index (Phi) is 7.66. The van der Waals surface area contributed by atoms with Gasteiger partial charge in [0.1, 0.15) is 0 Å². The lowest BCUT2D eigenvalue weighted by atomic mass is 9.83. The molecule has 6 nitrogen and oxygen atoms in total. The molecule has 0 saturated heterocycles. The van der Waals surface area contributed by atoms with E-state index >= 15 is 0 Å². The third-order valence-corrected chi connectivity index (χ3v) is 6.00. The predicted molar refractivity (Wildman–Crippen MR) is 97.9 cm³/mol. The molecule has 0 aliphatic heterocycles. The van der Waals surface area contributed by atoms with Crippen molar-refractivity contribution in [2.75, 3.05) is 12.4 Å². The van der Waals surface area contributed by atoms with E-state index in [1.165, 1.54) is 13.1 Å². The lowest BCUT2D eigenvalue weighted by molar-refractivity contribution is -0.117. The normalized spacial score (nSPS) is 21.0. The minimum Gasteiger partial charge on any atom is -0.327 e. The van der Waals surface area contributed by atoms with E-state index in [-0.39, 0.29) is 35.2 Å². The Morgan fingerprint density at radius 1 is 1.29 bits per heavy atom. The van der Waals surface area contributed by atoms with E-state index in [0.29, 0.717) is 17.7 Å². The van der Waals surface area contributed by atoms with E-state index in [4.69, 9.17) is 5.73 Å². The molecular weight excluding hydrogens is 350 g/mol. The first-order valence-electron chi connectivity index (χ1n) is 7.93. The molecule has 1 amide bonds. The molecular formula is C16H26ClN3O3S. The van der Waals surface area contributed by atoms with Gasteiger partial charge in [-0.05, 0) is 50.4 Å². The van der Waals surface area contributed by atoms with Crippen molar-refractivity contribution in [1.29, 1.82) is 0 Å². The summed E-state index contributed by atoms with van der Waals surface area (Å²) in [5.74, 6) is 0.0821. The molecule has 136 valence electrons. The summed E-state index contributed by atoms with van der Waals surface area (Å²) in [6.07, 6.45) is 4.56. The molecule has 4 N–H and O–H groups in total. The number of hydrogen-bond acceptors (Lipinski definition) is 4. The maximum atomic E-state index is 12.2. The Bertz CT molecular complexity index is 679. The number of nitrogens with two attached hydrogens (primary N) is 1. The number of carbonyl (C=O) groups excluding carboxylic acids is 1. The Morgan fingerprint density at radius 2 is 1.96 bits per heavy atom. The summed E-state index contributed by atoms with van der Waals surface area (Å²) in [7, 11) is -2.18. The second-order valence-corrected chi connectivity index (χ2v) is 8.00. The van der Waals surface area contributed by atoms with Crippen LogP contribution in [0.2, 0.25) is 0 Å².